The fourth-order valence-electron chi connectivity index (χ4n) is 8.78. The van der Waals surface area contributed by atoms with Gasteiger partial charge in [-0.05, 0) is 38.5 Å². The third-order valence-electron chi connectivity index (χ3n) is 13.4. The molecule has 0 aromatic rings. The van der Waals surface area contributed by atoms with Crippen molar-refractivity contribution in [2.45, 2.75) is 303 Å². The molecule has 0 spiro atoms. The maximum Gasteiger partial charge on any atom is 0.306 e. The molecule has 0 fully saturated rings. The van der Waals surface area contributed by atoms with Crippen LogP contribution in [0.3, 0.4) is 0 Å². The standard InChI is InChI=1S/C66H114O6/c1-4-7-10-13-16-19-22-25-28-31-33-36-38-41-44-47-50-53-56-59-65(68)71-62-63(61-70-64(67)58-55-52-49-46-43-40-37-34-30-27-24-21-18-15-12-9-6-3)72-66(69)60-57-54-51-48-45-42-39-35-32-29-26-23-20-17-14-11-8-5-2/h7,10,13,16,19,22,25,28,31,33,36,38,41,44,63H,4-6,8-9,11-12,14-15,17-18,20-21,23-24,26-27,29-30,32,34-35,37,39-40,42-43,45-62H2,1-3H3/b10-7-,16-13-,22-19-,28-25-,33-31+,38-36-,44-41-. The molecule has 0 heterocycles. The van der Waals surface area contributed by atoms with Crippen LogP contribution < -0.4 is 0 Å². The molecule has 0 saturated heterocycles. The number of hydrogen-bond donors (Lipinski definition) is 0. The minimum atomic E-state index is -0.794. The highest BCUT2D eigenvalue weighted by atomic mass is 16.6. The van der Waals surface area contributed by atoms with Crippen LogP contribution >= 0.6 is 0 Å². The molecular formula is C66H114O6. The Hall–Kier alpha value is -3.41. The van der Waals surface area contributed by atoms with Crippen LogP contribution in [0.4, 0.5) is 0 Å². The largest absolute Gasteiger partial charge is 0.462 e. The van der Waals surface area contributed by atoms with Crippen LogP contribution in [0.1, 0.15) is 297 Å². The zero-order valence-electron chi connectivity index (χ0n) is 47.4. The van der Waals surface area contributed by atoms with Gasteiger partial charge in [0.2, 0.25) is 0 Å². The molecule has 414 valence electrons. The van der Waals surface area contributed by atoms with Crippen LogP contribution in [0.2, 0.25) is 0 Å². The van der Waals surface area contributed by atoms with Gasteiger partial charge in [-0.2, -0.15) is 0 Å². The van der Waals surface area contributed by atoms with E-state index in [1.807, 2.05) is 66.8 Å². The van der Waals surface area contributed by atoms with Gasteiger partial charge in [0.05, 0.1) is 0 Å². The second-order valence-corrected chi connectivity index (χ2v) is 20.4. The molecule has 0 bridgehead atoms. The van der Waals surface area contributed by atoms with Crippen molar-refractivity contribution in [3.63, 3.8) is 0 Å². The Labute approximate surface area is 445 Å². The molecule has 0 aliphatic rings. The normalized spacial score (nSPS) is 12.7. The van der Waals surface area contributed by atoms with Crippen molar-refractivity contribution in [3.05, 3.63) is 85.1 Å². The molecule has 0 saturated carbocycles. The van der Waals surface area contributed by atoms with E-state index in [9.17, 15) is 14.4 Å². The van der Waals surface area contributed by atoms with Gasteiger partial charge < -0.3 is 14.2 Å². The van der Waals surface area contributed by atoms with Crippen molar-refractivity contribution in [2.24, 2.45) is 0 Å². The molecule has 6 heteroatoms. The quantitative estimate of drug-likeness (QED) is 0.0261. The van der Waals surface area contributed by atoms with Crippen molar-refractivity contribution in [3.8, 4) is 0 Å². The average molecular weight is 1000 g/mol. The molecule has 1 atom stereocenters. The maximum atomic E-state index is 12.9. The Kier molecular flexibility index (Phi) is 57.3. The first-order valence-corrected chi connectivity index (χ1v) is 30.7. The predicted molar refractivity (Wildman–Crippen MR) is 311 cm³/mol. The number of carbonyl (C=O) groups excluding carboxylic acids is 3. The van der Waals surface area contributed by atoms with Crippen molar-refractivity contribution in [1.82, 2.24) is 0 Å². The Morgan fingerprint density at radius 1 is 0.292 bits per heavy atom. The van der Waals surface area contributed by atoms with Gasteiger partial charge in [-0.25, -0.2) is 0 Å². The molecule has 0 aliphatic carbocycles. The average Bonchev–Trinajstić information content (AvgIpc) is 3.38. The van der Waals surface area contributed by atoms with Crippen molar-refractivity contribution >= 4 is 17.9 Å². The van der Waals surface area contributed by atoms with Gasteiger partial charge in [0, 0.05) is 19.3 Å². The lowest BCUT2D eigenvalue weighted by molar-refractivity contribution is -0.167. The number of esters is 3. The lowest BCUT2D eigenvalue weighted by Gasteiger charge is -2.18. The summed E-state index contributed by atoms with van der Waals surface area (Å²) in [5.41, 5.74) is 0. The molecule has 0 radical (unpaired) electrons. The molecule has 0 aliphatic heterocycles. The third kappa shape index (κ3) is 57.5. The summed E-state index contributed by atoms with van der Waals surface area (Å²) in [6.07, 6.45) is 78.6. The predicted octanol–water partition coefficient (Wildman–Crippen LogP) is 20.7. The lowest BCUT2D eigenvalue weighted by atomic mass is 10.0. The summed E-state index contributed by atoms with van der Waals surface area (Å²) < 4.78 is 16.9. The first-order valence-electron chi connectivity index (χ1n) is 30.7. The van der Waals surface area contributed by atoms with Gasteiger partial charge in [-0.3, -0.25) is 14.4 Å². The van der Waals surface area contributed by atoms with E-state index >= 15 is 0 Å². The lowest BCUT2D eigenvalue weighted by Crippen LogP contribution is -2.30. The molecule has 0 amide bonds. The van der Waals surface area contributed by atoms with E-state index in [2.05, 4.69) is 39.0 Å². The zero-order valence-corrected chi connectivity index (χ0v) is 47.4. The monoisotopic (exact) mass is 1000 g/mol. The van der Waals surface area contributed by atoms with Gasteiger partial charge in [0.1, 0.15) is 13.2 Å². The Bertz CT molecular complexity index is 1380. The molecule has 6 nitrogen and oxygen atoms in total. The summed E-state index contributed by atoms with van der Waals surface area (Å²) >= 11 is 0. The van der Waals surface area contributed by atoms with Gasteiger partial charge in [-0.15, -0.1) is 0 Å². The van der Waals surface area contributed by atoms with E-state index in [1.165, 1.54) is 186 Å². The van der Waals surface area contributed by atoms with E-state index in [1.54, 1.807) is 0 Å². The van der Waals surface area contributed by atoms with E-state index in [-0.39, 0.29) is 31.1 Å². The maximum absolute atomic E-state index is 12.9. The number of unbranched alkanes of at least 4 members (excludes halogenated alkanes) is 36. The Balaban J connectivity index is 4.45. The summed E-state index contributed by atoms with van der Waals surface area (Å²) in [5.74, 6) is -0.919. The summed E-state index contributed by atoms with van der Waals surface area (Å²) in [5, 5.41) is 0. The topological polar surface area (TPSA) is 78.9 Å². The van der Waals surface area contributed by atoms with E-state index in [0.29, 0.717) is 19.3 Å². The van der Waals surface area contributed by atoms with Crippen molar-refractivity contribution in [2.75, 3.05) is 13.2 Å². The zero-order chi connectivity index (χ0) is 52.2. The van der Waals surface area contributed by atoms with E-state index in [4.69, 9.17) is 14.2 Å². The second kappa shape index (κ2) is 60.1. The first-order chi connectivity index (χ1) is 35.5. The number of ether oxygens (including phenoxy) is 3. The van der Waals surface area contributed by atoms with E-state index < -0.39 is 6.10 Å². The number of rotatable bonds is 55. The third-order valence-corrected chi connectivity index (χ3v) is 13.4. The SMILES string of the molecule is CC\C=C/C=C\C=C/C=C\C=C\C=C/C=C\CCCCCC(=O)OCC(COC(=O)CCCCCCCCCCCCCCCCCCC)OC(=O)CCCCCCCCCCCCCCCCCCCC. The second-order valence-electron chi connectivity index (χ2n) is 20.4. The number of hydrogen-bond acceptors (Lipinski definition) is 6. The van der Waals surface area contributed by atoms with Gasteiger partial charge in [-0.1, -0.05) is 324 Å². The highest BCUT2D eigenvalue weighted by Gasteiger charge is 2.19. The van der Waals surface area contributed by atoms with Crippen molar-refractivity contribution < 1.29 is 28.6 Å². The summed E-state index contributed by atoms with van der Waals surface area (Å²) in [6, 6.07) is 0. The van der Waals surface area contributed by atoms with E-state index in [0.717, 1.165) is 70.6 Å². The molecule has 0 rings (SSSR count). The molecule has 0 aromatic heterocycles. The molecular weight excluding hydrogens is 889 g/mol. The van der Waals surface area contributed by atoms with Crippen LogP contribution in [0, 0.1) is 0 Å². The van der Waals surface area contributed by atoms with Crippen LogP contribution in [0.5, 0.6) is 0 Å². The highest BCUT2D eigenvalue weighted by molar-refractivity contribution is 5.71. The molecule has 72 heavy (non-hydrogen) atoms. The highest BCUT2D eigenvalue weighted by Crippen LogP contribution is 2.17. The fraction of sp³-hybridized carbons (Fsp3) is 0.742. The minimum absolute atomic E-state index is 0.0875. The van der Waals surface area contributed by atoms with Crippen molar-refractivity contribution in [1.29, 1.82) is 0 Å². The summed E-state index contributed by atoms with van der Waals surface area (Å²) in [6.45, 7) is 6.50. The smallest absolute Gasteiger partial charge is 0.306 e. The number of allylic oxidation sites excluding steroid dienone is 14. The van der Waals surface area contributed by atoms with Gasteiger partial charge >= 0.3 is 17.9 Å². The first kappa shape index (κ1) is 68.6. The van der Waals surface area contributed by atoms with Crippen LogP contribution in [-0.2, 0) is 28.6 Å². The molecule has 0 aromatic carbocycles. The van der Waals surface area contributed by atoms with Crippen LogP contribution in [-0.4, -0.2) is 37.2 Å². The molecule has 0 N–H and O–H groups in total. The van der Waals surface area contributed by atoms with Gasteiger partial charge in [0.25, 0.3) is 0 Å². The van der Waals surface area contributed by atoms with Gasteiger partial charge in [0.15, 0.2) is 6.10 Å². The number of carbonyl (C=O) groups is 3. The van der Waals surface area contributed by atoms with Crippen LogP contribution in [0.15, 0.2) is 85.1 Å². The summed E-state index contributed by atoms with van der Waals surface area (Å²) in [4.78, 5) is 38.3. The van der Waals surface area contributed by atoms with Crippen LogP contribution in [0.25, 0.3) is 0 Å². The summed E-state index contributed by atoms with van der Waals surface area (Å²) in [7, 11) is 0. The molecule has 1 unspecified atom stereocenters. The Morgan fingerprint density at radius 2 is 0.542 bits per heavy atom. The fourth-order valence-corrected chi connectivity index (χ4v) is 8.78. The minimum Gasteiger partial charge on any atom is -0.462 e. The Morgan fingerprint density at radius 3 is 0.847 bits per heavy atom.